The minimum atomic E-state index is 0.388. The molecule has 2 heteroatoms. The van der Waals surface area contributed by atoms with Crippen LogP contribution >= 0.6 is 0 Å². The maximum absolute atomic E-state index is 5.08. The second-order valence-corrected chi connectivity index (χ2v) is 5.12. The van der Waals surface area contributed by atoms with Crippen molar-refractivity contribution in [1.29, 1.82) is 0 Å². The van der Waals surface area contributed by atoms with Crippen molar-refractivity contribution in [3.05, 3.63) is 35.4 Å². The lowest BCUT2D eigenvalue weighted by atomic mass is 9.63. The first-order chi connectivity index (χ1) is 8.28. The average molecular weight is 233 g/mol. The molecule has 0 amide bonds. The van der Waals surface area contributed by atoms with Gasteiger partial charge in [-0.2, -0.15) is 0 Å². The third-order valence-corrected chi connectivity index (χ3v) is 3.97. The molecule has 0 heterocycles. The minimum absolute atomic E-state index is 0.388. The number of benzene rings is 1. The Kier molecular flexibility index (Phi) is 4.19. The van der Waals surface area contributed by atoms with Crippen LogP contribution in [-0.4, -0.2) is 26.8 Å². The van der Waals surface area contributed by atoms with Gasteiger partial charge in [-0.05, 0) is 30.9 Å². The van der Waals surface area contributed by atoms with Crippen LogP contribution in [0.3, 0.4) is 0 Å². The number of rotatable bonds is 6. The summed E-state index contributed by atoms with van der Waals surface area (Å²) in [7, 11) is 1.75. The molecule has 1 aromatic carbocycles. The maximum atomic E-state index is 5.08. The number of hydrogen-bond donors (Lipinski definition) is 1. The Morgan fingerprint density at radius 3 is 2.65 bits per heavy atom. The van der Waals surface area contributed by atoms with E-state index in [4.69, 9.17) is 4.74 Å². The summed E-state index contributed by atoms with van der Waals surface area (Å²) < 4.78 is 5.08. The van der Waals surface area contributed by atoms with Crippen molar-refractivity contribution in [3.8, 4) is 0 Å². The molecule has 0 unspecified atom stereocenters. The molecule has 0 bridgehead atoms. The van der Waals surface area contributed by atoms with E-state index in [0.29, 0.717) is 5.41 Å². The highest BCUT2D eigenvalue weighted by molar-refractivity contribution is 5.35. The molecule has 0 aromatic heterocycles. The zero-order valence-electron chi connectivity index (χ0n) is 11.0. The number of ether oxygens (including phenoxy) is 1. The summed E-state index contributed by atoms with van der Waals surface area (Å²) in [5, 5.41) is 3.53. The molecule has 0 saturated heterocycles. The van der Waals surface area contributed by atoms with Gasteiger partial charge < -0.3 is 10.1 Å². The first kappa shape index (κ1) is 12.6. The average Bonchev–Trinajstić information content (AvgIpc) is 2.29. The van der Waals surface area contributed by atoms with Crippen LogP contribution in [0, 0.1) is 6.92 Å². The molecular formula is C15H23NO. The van der Waals surface area contributed by atoms with E-state index in [9.17, 15) is 0 Å². The summed E-state index contributed by atoms with van der Waals surface area (Å²) in [5.74, 6) is 0. The molecule has 1 saturated carbocycles. The Bertz CT molecular complexity index is 358. The van der Waals surface area contributed by atoms with Crippen molar-refractivity contribution >= 4 is 0 Å². The van der Waals surface area contributed by atoms with Crippen molar-refractivity contribution in [1.82, 2.24) is 5.32 Å². The highest BCUT2D eigenvalue weighted by Gasteiger charge is 2.38. The van der Waals surface area contributed by atoms with Crippen molar-refractivity contribution in [3.63, 3.8) is 0 Å². The van der Waals surface area contributed by atoms with E-state index in [2.05, 4.69) is 36.5 Å². The number of aryl methyl sites for hydroxylation is 1. The molecule has 2 rings (SSSR count). The van der Waals surface area contributed by atoms with E-state index in [1.165, 1.54) is 30.4 Å². The Morgan fingerprint density at radius 1 is 1.29 bits per heavy atom. The topological polar surface area (TPSA) is 21.3 Å². The Balaban J connectivity index is 2.02. The van der Waals surface area contributed by atoms with Gasteiger partial charge in [-0.1, -0.05) is 30.7 Å². The van der Waals surface area contributed by atoms with Gasteiger partial charge in [0.2, 0.25) is 0 Å². The van der Waals surface area contributed by atoms with Crippen LogP contribution in [0.4, 0.5) is 0 Å². The Labute approximate surface area is 104 Å². The minimum Gasteiger partial charge on any atom is -0.383 e. The second-order valence-electron chi connectivity index (χ2n) is 5.12. The van der Waals surface area contributed by atoms with Gasteiger partial charge in [-0.25, -0.2) is 0 Å². The van der Waals surface area contributed by atoms with E-state index >= 15 is 0 Å². The Morgan fingerprint density at radius 2 is 2.06 bits per heavy atom. The largest absolute Gasteiger partial charge is 0.383 e. The van der Waals surface area contributed by atoms with E-state index in [1.54, 1.807) is 7.11 Å². The van der Waals surface area contributed by atoms with Crippen LogP contribution in [-0.2, 0) is 10.2 Å². The quantitative estimate of drug-likeness (QED) is 0.763. The van der Waals surface area contributed by atoms with Crippen LogP contribution in [0.1, 0.15) is 30.4 Å². The molecule has 0 atom stereocenters. The predicted octanol–water partition coefficient (Wildman–Crippen LogP) is 2.65. The van der Waals surface area contributed by atoms with Crippen LogP contribution in [0.2, 0.25) is 0 Å². The third-order valence-electron chi connectivity index (χ3n) is 3.97. The summed E-state index contributed by atoms with van der Waals surface area (Å²) in [6, 6.07) is 8.82. The predicted molar refractivity (Wildman–Crippen MR) is 71.5 cm³/mol. The SMILES string of the molecule is COCCNCC1(c2ccccc2C)CCC1. The van der Waals surface area contributed by atoms with Gasteiger partial charge in [0.25, 0.3) is 0 Å². The molecule has 1 aliphatic rings. The molecule has 1 fully saturated rings. The fraction of sp³-hybridized carbons (Fsp3) is 0.600. The summed E-state index contributed by atoms with van der Waals surface area (Å²) in [6.45, 7) is 5.06. The van der Waals surface area contributed by atoms with Gasteiger partial charge in [0.15, 0.2) is 0 Å². The fourth-order valence-electron chi connectivity index (χ4n) is 2.81. The lowest BCUT2D eigenvalue weighted by Gasteiger charge is -2.43. The third kappa shape index (κ3) is 2.70. The number of methoxy groups -OCH3 is 1. The van der Waals surface area contributed by atoms with E-state index < -0.39 is 0 Å². The first-order valence-electron chi connectivity index (χ1n) is 6.54. The lowest BCUT2D eigenvalue weighted by Crippen LogP contribution is -2.45. The monoisotopic (exact) mass is 233 g/mol. The van der Waals surface area contributed by atoms with Gasteiger partial charge in [0, 0.05) is 25.6 Å². The van der Waals surface area contributed by atoms with E-state index in [-0.39, 0.29) is 0 Å². The van der Waals surface area contributed by atoms with Gasteiger partial charge in [0.1, 0.15) is 0 Å². The summed E-state index contributed by atoms with van der Waals surface area (Å²) in [6.07, 6.45) is 4.00. The van der Waals surface area contributed by atoms with Gasteiger partial charge in [0.05, 0.1) is 6.61 Å². The molecule has 1 aliphatic carbocycles. The van der Waals surface area contributed by atoms with Crippen molar-refractivity contribution in [2.45, 2.75) is 31.6 Å². The fourth-order valence-corrected chi connectivity index (χ4v) is 2.81. The van der Waals surface area contributed by atoms with Gasteiger partial charge in [-0.3, -0.25) is 0 Å². The second kappa shape index (κ2) is 5.65. The standard InChI is InChI=1S/C15H23NO/c1-13-6-3-4-7-14(13)15(8-5-9-15)12-16-10-11-17-2/h3-4,6-7,16H,5,8-12H2,1-2H3. The zero-order chi connectivity index (χ0) is 12.1. The van der Waals surface area contributed by atoms with Crippen molar-refractivity contribution in [2.24, 2.45) is 0 Å². The summed E-state index contributed by atoms with van der Waals surface area (Å²) in [4.78, 5) is 0. The Hall–Kier alpha value is -0.860. The molecule has 1 aromatic rings. The van der Waals surface area contributed by atoms with E-state index in [0.717, 1.165) is 19.7 Å². The first-order valence-corrected chi connectivity index (χ1v) is 6.54. The summed E-state index contributed by atoms with van der Waals surface area (Å²) >= 11 is 0. The molecular weight excluding hydrogens is 210 g/mol. The molecule has 0 aliphatic heterocycles. The van der Waals surface area contributed by atoms with Crippen LogP contribution in [0.25, 0.3) is 0 Å². The molecule has 2 nitrogen and oxygen atoms in total. The van der Waals surface area contributed by atoms with Crippen molar-refractivity contribution in [2.75, 3.05) is 26.8 Å². The van der Waals surface area contributed by atoms with Gasteiger partial charge >= 0.3 is 0 Å². The number of nitrogens with one attached hydrogen (secondary N) is 1. The molecule has 0 radical (unpaired) electrons. The number of hydrogen-bond acceptors (Lipinski definition) is 2. The molecule has 0 spiro atoms. The normalized spacial score (nSPS) is 17.8. The highest BCUT2D eigenvalue weighted by Crippen LogP contribution is 2.44. The van der Waals surface area contributed by atoms with Crippen LogP contribution in [0.5, 0.6) is 0 Å². The summed E-state index contributed by atoms with van der Waals surface area (Å²) in [5.41, 5.74) is 3.36. The highest BCUT2D eigenvalue weighted by atomic mass is 16.5. The van der Waals surface area contributed by atoms with E-state index in [1.807, 2.05) is 0 Å². The van der Waals surface area contributed by atoms with Crippen molar-refractivity contribution < 1.29 is 4.74 Å². The maximum Gasteiger partial charge on any atom is 0.0587 e. The molecule has 1 N–H and O–H groups in total. The smallest absolute Gasteiger partial charge is 0.0587 e. The lowest BCUT2D eigenvalue weighted by molar-refractivity contribution is 0.185. The molecule has 17 heavy (non-hydrogen) atoms. The van der Waals surface area contributed by atoms with Crippen LogP contribution in [0.15, 0.2) is 24.3 Å². The van der Waals surface area contributed by atoms with Gasteiger partial charge in [-0.15, -0.1) is 0 Å². The zero-order valence-corrected chi connectivity index (χ0v) is 11.0. The van der Waals surface area contributed by atoms with Crippen LogP contribution < -0.4 is 5.32 Å². The molecule has 94 valence electrons.